The molecule has 0 aromatic carbocycles. The van der Waals surface area contributed by atoms with Gasteiger partial charge in [-0.25, -0.2) is 4.98 Å². The predicted octanol–water partition coefficient (Wildman–Crippen LogP) is 4.08. The molecule has 0 radical (unpaired) electrons. The molecule has 9 heteroatoms. The Bertz CT molecular complexity index is 533. The first-order valence-corrected chi connectivity index (χ1v) is 8.98. The Hall–Kier alpha value is -1.00. The van der Waals surface area contributed by atoms with Crippen molar-refractivity contribution in [1.29, 1.82) is 0 Å². The molecule has 0 bridgehead atoms. The summed E-state index contributed by atoms with van der Waals surface area (Å²) in [7, 11) is 0. The molecule has 0 spiro atoms. The predicted molar refractivity (Wildman–Crippen MR) is 108 cm³/mol. The van der Waals surface area contributed by atoms with E-state index in [0.717, 1.165) is 32.0 Å². The SMILES string of the molecule is CCNC(=NCCCCC(F)(F)F)N1CCC(C)C(n2ccnc2)C1.I. The van der Waals surface area contributed by atoms with Crippen molar-refractivity contribution in [2.24, 2.45) is 10.9 Å². The van der Waals surface area contributed by atoms with Crippen LogP contribution in [0.1, 0.15) is 45.6 Å². The highest BCUT2D eigenvalue weighted by molar-refractivity contribution is 14.0. The first-order chi connectivity index (χ1) is 11.9. The van der Waals surface area contributed by atoms with Crippen molar-refractivity contribution in [3.05, 3.63) is 18.7 Å². The molecule has 150 valence electrons. The van der Waals surface area contributed by atoms with E-state index < -0.39 is 12.6 Å². The van der Waals surface area contributed by atoms with Gasteiger partial charge in [-0.05, 0) is 32.1 Å². The van der Waals surface area contributed by atoms with Crippen molar-refractivity contribution < 1.29 is 13.2 Å². The molecule has 1 fully saturated rings. The number of halogens is 4. The van der Waals surface area contributed by atoms with Gasteiger partial charge < -0.3 is 14.8 Å². The molecular formula is C17H29F3IN5. The zero-order chi connectivity index (χ0) is 18.3. The smallest absolute Gasteiger partial charge is 0.357 e. The van der Waals surface area contributed by atoms with Gasteiger partial charge in [0.1, 0.15) is 0 Å². The van der Waals surface area contributed by atoms with Gasteiger partial charge >= 0.3 is 6.18 Å². The topological polar surface area (TPSA) is 45.5 Å². The van der Waals surface area contributed by atoms with E-state index in [9.17, 15) is 13.2 Å². The van der Waals surface area contributed by atoms with Gasteiger partial charge in [0.15, 0.2) is 5.96 Å². The summed E-state index contributed by atoms with van der Waals surface area (Å²) in [6.45, 7) is 7.12. The Morgan fingerprint density at radius 1 is 1.35 bits per heavy atom. The lowest BCUT2D eigenvalue weighted by atomic mass is 9.93. The third kappa shape index (κ3) is 7.32. The molecule has 26 heavy (non-hydrogen) atoms. The first kappa shape index (κ1) is 23.0. The fourth-order valence-corrected chi connectivity index (χ4v) is 3.14. The summed E-state index contributed by atoms with van der Waals surface area (Å²) in [5.41, 5.74) is 0. The van der Waals surface area contributed by atoms with Crippen LogP contribution in [0.5, 0.6) is 0 Å². The second kappa shape index (κ2) is 11.0. The number of guanidine groups is 1. The number of piperidine rings is 1. The lowest BCUT2D eigenvalue weighted by Crippen LogP contribution is -2.49. The number of likely N-dealkylation sites (tertiary alicyclic amines) is 1. The van der Waals surface area contributed by atoms with Gasteiger partial charge in [0.2, 0.25) is 0 Å². The van der Waals surface area contributed by atoms with Crippen LogP contribution in [0, 0.1) is 5.92 Å². The van der Waals surface area contributed by atoms with Crippen LogP contribution in [-0.2, 0) is 0 Å². The van der Waals surface area contributed by atoms with Crippen LogP contribution in [0.2, 0.25) is 0 Å². The largest absolute Gasteiger partial charge is 0.389 e. The number of alkyl halides is 3. The molecule has 5 nitrogen and oxygen atoms in total. The van der Waals surface area contributed by atoms with Gasteiger partial charge in [0.05, 0.1) is 12.4 Å². The number of hydrogen-bond acceptors (Lipinski definition) is 2. The standard InChI is InChI=1S/C17H28F3N5.HI/c1-3-22-16(23-8-5-4-7-17(18,19)20)24-10-6-14(2)15(12-24)25-11-9-21-13-25;/h9,11,13-15H,3-8,10,12H2,1-2H3,(H,22,23);1H. The maximum Gasteiger partial charge on any atom is 0.389 e. The van der Waals surface area contributed by atoms with E-state index in [1.807, 2.05) is 19.4 Å². The maximum atomic E-state index is 12.2. The molecule has 1 aromatic rings. The summed E-state index contributed by atoms with van der Waals surface area (Å²) in [6.07, 6.45) is 2.41. The van der Waals surface area contributed by atoms with Crippen LogP contribution in [0.15, 0.2) is 23.7 Å². The molecule has 0 aliphatic carbocycles. The highest BCUT2D eigenvalue weighted by Gasteiger charge is 2.29. The summed E-state index contributed by atoms with van der Waals surface area (Å²) in [5.74, 6) is 1.34. The number of imidazole rings is 1. The lowest BCUT2D eigenvalue weighted by Gasteiger charge is -2.39. The molecule has 0 saturated carbocycles. The minimum Gasteiger partial charge on any atom is -0.357 e. The fraction of sp³-hybridized carbons (Fsp3) is 0.765. The number of rotatable bonds is 6. The molecule has 1 N–H and O–H groups in total. The second-order valence-electron chi connectivity index (χ2n) is 6.60. The Morgan fingerprint density at radius 2 is 2.12 bits per heavy atom. The van der Waals surface area contributed by atoms with Gasteiger partial charge in [-0.2, -0.15) is 13.2 Å². The number of aliphatic imine (C=N–C) groups is 1. The number of nitrogens with one attached hydrogen (secondary N) is 1. The van der Waals surface area contributed by atoms with Crippen LogP contribution in [0.25, 0.3) is 0 Å². The van der Waals surface area contributed by atoms with Crippen molar-refractivity contribution in [2.75, 3.05) is 26.2 Å². The molecule has 1 aromatic heterocycles. The van der Waals surface area contributed by atoms with Crippen molar-refractivity contribution in [3.63, 3.8) is 0 Å². The third-order valence-electron chi connectivity index (χ3n) is 4.59. The highest BCUT2D eigenvalue weighted by Crippen LogP contribution is 2.27. The number of aromatic nitrogens is 2. The van der Waals surface area contributed by atoms with E-state index in [-0.39, 0.29) is 30.4 Å². The zero-order valence-electron chi connectivity index (χ0n) is 15.4. The first-order valence-electron chi connectivity index (χ1n) is 8.98. The summed E-state index contributed by atoms with van der Waals surface area (Å²) < 4.78 is 38.7. The van der Waals surface area contributed by atoms with Crippen LogP contribution < -0.4 is 5.32 Å². The average molecular weight is 487 g/mol. The minimum absolute atomic E-state index is 0. The summed E-state index contributed by atoms with van der Waals surface area (Å²) >= 11 is 0. The van der Waals surface area contributed by atoms with Gasteiger partial charge in [0, 0.05) is 45.0 Å². The quantitative estimate of drug-likeness (QED) is 0.285. The molecule has 2 rings (SSSR count). The van der Waals surface area contributed by atoms with Gasteiger partial charge in [-0.15, -0.1) is 24.0 Å². The normalized spacial score (nSPS) is 21.4. The fourth-order valence-electron chi connectivity index (χ4n) is 3.14. The molecule has 2 heterocycles. The van der Waals surface area contributed by atoms with Crippen molar-refractivity contribution >= 4 is 29.9 Å². The van der Waals surface area contributed by atoms with E-state index in [1.165, 1.54) is 0 Å². The maximum absolute atomic E-state index is 12.2. The highest BCUT2D eigenvalue weighted by atomic mass is 127. The zero-order valence-corrected chi connectivity index (χ0v) is 17.7. The minimum atomic E-state index is -4.07. The van der Waals surface area contributed by atoms with E-state index in [2.05, 4.69) is 31.7 Å². The summed E-state index contributed by atoms with van der Waals surface area (Å²) in [6, 6.07) is 0.324. The van der Waals surface area contributed by atoms with E-state index in [4.69, 9.17) is 0 Å². The third-order valence-corrected chi connectivity index (χ3v) is 4.59. The van der Waals surface area contributed by atoms with Crippen LogP contribution in [-0.4, -0.2) is 52.8 Å². The molecular weight excluding hydrogens is 458 g/mol. The lowest BCUT2D eigenvalue weighted by molar-refractivity contribution is -0.135. The Morgan fingerprint density at radius 3 is 2.73 bits per heavy atom. The van der Waals surface area contributed by atoms with Crippen molar-refractivity contribution in [3.8, 4) is 0 Å². The van der Waals surface area contributed by atoms with E-state index in [0.29, 0.717) is 24.9 Å². The number of hydrogen-bond donors (Lipinski definition) is 1. The van der Waals surface area contributed by atoms with E-state index >= 15 is 0 Å². The van der Waals surface area contributed by atoms with Gasteiger partial charge in [-0.1, -0.05) is 6.92 Å². The van der Waals surface area contributed by atoms with Gasteiger partial charge in [-0.3, -0.25) is 4.99 Å². The van der Waals surface area contributed by atoms with Crippen LogP contribution in [0.4, 0.5) is 13.2 Å². The second-order valence-corrected chi connectivity index (χ2v) is 6.60. The summed E-state index contributed by atoms with van der Waals surface area (Å²) in [4.78, 5) is 10.9. The monoisotopic (exact) mass is 487 g/mol. The summed E-state index contributed by atoms with van der Waals surface area (Å²) in [5, 5.41) is 3.27. The number of nitrogens with zero attached hydrogens (tertiary/aromatic N) is 4. The molecule has 1 saturated heterocycles. The molecule has 0 amide bonds. The van der Waals surface area contributed by atoms with E-state index in [1.54, 1.807) is 6.20 Å². The molecule has 2 unspecified atom stereocenters. The van der Waals surface area contributed by atoms with Crippen LogP contribution >= 0.6 is 24.0 Å². The molecule has 1 aliphatic heterocycles. The Kier molecular flexibility index (Phi) is 9.73. The molecule has 2 atom stereocenters. The van der Waals surface area contributed by atoms with Crippen molar-refractivity contribution in [2.45, 2.75) is 51.7 Å². The Balaban J connectivity index is 0.00000338. The van der Waals surface area contributed by atoms with Crippen molar-refractivity contribution in [1.82, 2.24) is 19.8 Å². The van der Waals surface area contributed by atoms with Crippen LogP contribution in [0.3, 0.4) is 0 Å². The average Bonchev–Trinajstić information content (AvgIpc) is 3.07. The number of unbranched alkanes of at least 4 members (excludes halogenated alkanes) is 1. The Labute approximate surface area is 170 Å². The molecule has 1 aliphatic rings. The van der Waals surface area contributed by atoms with Gasteiger partial charge in [0.25, 0.3) is 0 Å².